The Hall–Kier alpha value is -1.40. The maximum absolute atomic E-state index is 11.9. The Labute approximate surface area is 113 Å². The van der Waals surface area contributed by atoms with E-state index in [4.69, 9.17) is 5.73 Å². The zero-order valence-electron chi connectivity index (χ0n) is 11.1. The zero-order valence-corrected chi connectivity index (χ0v) is 11.1. The van der Waals surface area contributed by atoms with E-state index < -0.39 is 0 Å². The number of hydrogen-bond donors (Lipinski definition) is 3. The van der Waals surface area contributed by atoms with E-state index >= 15 is 0 Å². The Morgan fingerprint density at radius 1 is 1.58 bits per heavy atom. The van der Waals surface area contributed by atoms with E-state index in [1.807, 2.05) is 0 Å². The second kappa shape index (κ2) is 6.68. The molecule has 0 aliphatic heterocycles. The third-order valence-corrected chi connectivity index (χ3v) is 3.56. The number of hydrogen-bond acceptors (Lipinski definition) is 4. The van der Waals surface area contributed by atoms with Crippen molar-refractivity contribution >= 4 is 5.91 Å². The molecule has 1 aromatic heterocycles. The summed E-state index contributed by atoms with van der Waals surface area (Å²) in [7, 11) is 0. The molecule has 1 amide bonds. The molecular weight excluding hydrogens is 244 g/mol. The molecule has 4 N–H and O–H groups in total. The van der Waals surface area contributed by atoms with Gasteiger partial charge in [0, 0.05) is 25.8 Å². The molecule has 1 fully saturated rings. The number of carbonyl (C=O) groups excluding carboxylic acids is 1. The fourth-order valence-corrected chi connectivity index (χ4v) is 2.52. The number of aromatic nitrogens is 2. The number of rotatable bonds is 5. The summed E-state index contributed by atoms with van der Waals surface area (Å²) in [4.78, 5) is 16.0. The van der Waals surface area contributed by atoms with Crippen molar-refractivity contribution in [2.24, 2.45) is 11.7 Å². The highest BCUT2D eigenvalue weighted by atomic mass is 16.3. The predicted octanol–water partition coefficient (Wildman–Crippen LogP) is 0.123. The molecule has 1 aliphatic carbocycles. The molecule has 19 heavy (non-hydrogen) atoms. The van der Waals surface area contributed by atoms with Crippen LogP contribution < -0.4 is 11.1 Å². The first-order valence-corrected chi connectivity index (χ1v) is 6.87. The fraction of sp³-hybridized carbons (Fsp3) is 0.692. The second-order valence-electron chi connectivity index (χ2n) is 5.18. The van der Waals surface area contributed by atoms with Gasteiger partial charge in [-0.05, 0) is 25.2 Å². The quantitative estimate of drug-likeness (QED) is 0.706. The first-order valence-electron chi connectivity index (χ1n) is 6.87. The first kappa shape index (κ1) is 14.0. The van der Waals surface area contributed by atoms with Crippen molar-refractivity contribution in [3.05, 3.63) is 18.2 Å². The van der Waals surface area contributed by atoms with Gasteiger partial charge in [0.15, 0.2) is 0 Å². The van der Waals surface area contributed by atoms with Gasteiger partial charge in [-0.2, -0.15) is 0 Å². The van der Waals surface area contributed by atoms with Crippen LogP contribution in [-0.4, -0.2) is 39.8 Å². The highest BCUT2D eigenvalue weighted by Gasteiger charge is 2.21. The molecule has 2 rings (SSSR count). The van der Waals surface area contributed by atoms with Gasteiger partial charge in [-0.25, -0.2) is 4.98 Å². The molecule has 2 unspecified atom stereocenters. The van der Waals surface area contributed by atoms with Crippen LogP contribution in [0.1, 0.15) is 36.2 Å². The average molecular weight is 266 g/mol. The van der Waals surface area contributed by atoms with Gasteiger partial charge in [0.05, 0.1) is 12.4 Å². The molecule has 2 atom stereocenters. The third kappa shape index (κ3) is 4.04. The van der Waals surface area contributed by atoms with E-state index in [0.29, 0.717) is 31.2 Å². The van der Waals surface area contributed by atoms with Crippen molar-refractivity contribution in [2.75, 3.05) is 13.1 Å². The maximum atomic E-state index is 11.9. The molecule has 1 aliphatic rings. The van der Waals surface area contributed by atoms with Crippen LogP contribution in [0.25, 0.3) is 0 Å². The van der Waals surface area contributed by atoms with Crippen LogP contribution in [0, 0.1) is 5.92 Å². The van der Waals surface area contributed by atoms with Crippen LogP contribution in [0.15, 0.2) is 12.5 Å². The number of aliphatic hydroxyl groups is 1. The SMILES string of the molecule is NCCn1cnc(C(=O)NCC2CCCC(O)C2)c1. The summed E-state index contributed by atoms with van der Waals surface area (Å²) in [6.07, 6.45) is 6.88. The summed E-state index contributed by atoms with van der Waals surface area (Å²) in [6, 6.07) is 0. The normalized spacial score (nSPS) is 23.3. The summed E-state index contributed by atoms with van der Waals surface area (Å²) in [5.41, 5.74) is 5.86. The number of nitrogens with zero attached hydrogens (tertiary/aromatic N) is 2. The Balaban J connectivity index is 1.79. The van der Waals surface area contributed by atoms with Crippen molar-refractivity contribution in [1.29, 1.82) is 0 Å². The molecule has 0 aromatic carbocycles. The lowest BCUT2D eigenvalue weighted by Gasteiger charge is -2.25. The standard InChI is InChI=1S/C13H22N4O2/c14-4-5-17-8-12(16-9-17)13(19)15-7-10-2-1-3-11(18)6-10/h8-11,18H,1-7,14H2,(H,15,19). The maximum Gasteiger partial charge on any atom is 0.271 e. The van der Waals surface area contributed by atoms with Crippen molar-refractivity contribution in [1.82, 2.24) is 14.9 Å². The minimum atomic E-state index is -0.209. The van der Waals surface area contributed by atoms with Gasteiger partial charge in [0.2, 0.25) is 0 Å². The largest absolute Gasteiger partial charge is 0.393 e. The van der Waals surface area contributed by atoms with Gasteiger partial charge in [-0.15, -0.1) is 0 Å². The number of nitrogens with two attached hydrogens (primary N) is 1. The lowest BCUT2D eigenvalue weighted by molar-refractivity contribution is 0.0870. The Kier molecular flexibility index (Phi) is 4.93. The minimum absolute atomic E-state index is 0.157. The lowest BCUT2D eigenvalue weighted by atomic mass is 9.87. The molecule has 0 radical (unpaired) electrons. The van der Waals surface area contributed by atoms with E-state index in [2.05, 4.69) is 10.3 Å². The van der Waals surface area contributed by atoms with E-state index in [1.165, 1.54) is 0 Å². The summed E-state index contributed by atoms with van der Waals surface area (Å²) in [5.74, 6) is 0.217. The van der Waals surface area contributed by atoms with Crippen molar-refractivity contribution in [2.45, 2.75) is 38.3 Å². The van der Waals surface area contributed by atoms with Crippen LogP contribution in [0.3, 0.4) is 0 Å². The Morgan fingerprint density at radius 2 is 2.42 bits per heavy atom. The van der Waals surface area contributed by atoms with Gasteiger partial charge in [0.25, 0.3) is 5.91 Å². The summed E-state index contributed by atoms with van der Waals surface area (Å²) in [6.45, 7) is 1.80. The Morgan fingerprint density at radius 3 is 3.16 bits per heavy atom. The molecular formula is C13H22N4O2. The number of aliphatic hydroxyl groups excluding tert-OH is 1. The average Bonchev–Trinajstić information content (AvgIpc) is 2.85. The Bertz CT molecular complexity index is 419. The molecule has 0 saturated heterocycles. The molecule has 0 spiro atoms. The molecule has 1 heterocycles. The fourth-order valence-electron chi connectivity index (χ4n) is 2.52. The van der Waals surface area contributed by atoms with E-state index in [9.17, 15) is 9.90 Å². The molecule has 6 nitrogen and oxygen atoms in total. The van der Waals surface area contributed by atoms with Crippen LogP contribution >= 0.6 is 0 Å². The van der Waals surface area contributed by atoms with E-state index in [0.717, 1.165) is 25.7 Å². The topological polar surface area (TPSA) is 93.2 Å². The van der Waals surface area contributed by atoms with Crippen molar-refractivity contribution in [3.63, 3.8) is 0 Å². The van der Waals surface area contributed by atoms with Gasteiger partial charge < -0.3 is 20.7 Å². The summed E-state index contributed by atoms with van der Waals surface area (Å²) >= 11 is 0. The third-order valence-electron chi connectivity index (χ3n) is 3.56. The van der Waals surface area contributed by atoms with E-state index in [-0.39, 0.29) is 12.0 Å². The van der Waals surface area contributed by atoms with Crippen LogP contribution in [0.4, 0.5) is 0 Å². The highest BCUT2D eigenvalue weighted by molar-refractivity contribution is 5.91. The predicted molar refractivity (Wildman–Crippen MR) is 71.6 cm³/mol. The van der Waals surface area contributed by atoms with Crippen LogP contribution in [0.2, 0.25) is 0 Å². The number of amides is 1. The van der Waals surface area contributed by atoms with Crippen LogP contribution in [0.5, 0.6) is 0 Å². The first-order chi connectivity index (χ1) is 9.19. The minimum Gasteiger partial charge on any atom is -0.393 e. The molecule has 1 saturated carbocycles. The van der Waals surface area contributed by atoms with Crippen molar-refractivity contribution < 1.29 is 9.90 Å². The number of carbonyl (C=O) groups is 1. The number of nitrogens with one attached hydrogen (secondary N) is 1. The summed E-state index contributed by atoms with van der Waals surface area (Å²) < 4.78 is 1.80. The molecule has 0 bridgehead atoms. The van der Waals surface area contributed by atoms with Gasteiger partial charge in [-0.3, -0.25) is 4.79 Å². The lowest BCUT2D eigenvalue weighted by Crippen LogP contribution is -2.33. The molecule has 106 valence electrons. The monoisotopic (exact) mass is 266 g/mol. The van der Waals surface area contributed by atoms with Crippen LogP contribution in [-0.2, 0) is 6.54 Å². The smallest absolute Gasteiger partial charge is 0.271 e. The summed E-state index contributed by atoms with van der Waals surface area (Å²) in [5, 5.41) is 12.5. The zero-order chi connectivity index (χ0) is 13.7. The van der Waals surface area contributed by atoms with Gasteiger partial charge in [0.1, 0.15) is 5.69 Å². The number of imidazole rings is 1. The molecule has 6 heteroatoms. The van der Waals surface area contributed by atoms with E-state index in [1.54, 1.807) is 17.1 Å². The van der Waals surface area contributed by atoms with Gasteiger partial charge in [-0.1, -0.05) is 6.42 Å². The second-order valence-corrected chi connectivity index (χ2v) is 5.18. The molecule has 1 aromatic rings. The highest BCUT2D eigenvalue weighted by Crippen LogP contribution is 2.23. The van der Waals surface area contributed by atoms with Crippen molar-refractivity contribution in [3.8, 4) is 0 Å². The van der Waals surface area contributed by atoms with Gasteiger partial charge >= 0.3 is 0 Å².